The van der Waals surface area contributed by atoms with Crippen LogP contribution in [0.25, 0.3) is 0 Å². The number of carbonyl (C=O) groups is 2. The van der Waals surface area contributed by atoms with Gasteiger partial charge in [0.15, 0.2) is 0 Å². The smallest absolute Gasteiger partial charge is 0.335 e. The second kappa shape index (κ2) is 20.7. The largest absolute Gasteiger partial charge is 0.462 e. The maximum Gasteiger partial charge on any atom is 0.335 e. The second-order valence-electron chi connectivity index (χ2n) is 10.2. The van der Waals surface area contributed by atoms with Gasteiger partial charge in [-0.15, -0.1) is 0 Å². The molecule has 0 heterocycles. The van der Waals surface area contributed by atoms with Crippen molar-refractivity contribution >= 4 is 11.9 Å². The Labute approximate surface area is 210 Å². The lowest BCUT2D eigenvalue weighted by atomic mass is 9.83. The highest BCUT2D eigenvalue weighted by Gasteiger charge is 2.21. The molecule has 5 nitrogen and oxygen atoms in total. The van der Waals surface area contributed by atoms with E-state index in [1.807, 2.05) is 0 Å². The number of aliphatic hydroxyl groups is 1. The molecule has 34 heavy (non-hydrogen) atoms. The van der Waals surface area contributed by atoms with Gasteiger partial charge in [-0.25, -0.2) is 9.59 Å². The van der Waals surface area contributed by atoms with Gasteiger partial charge in [0.1, 0.15) is 6.10 Å². The summed E-state index contributed by atoms with van der Waals surface area (Å²) in [4.78, 5) is 23.7. The Bertz CT molecular complexity index is 583. The lowest BCUT2D eigenvalue weighted by Crippen LogP contribution is -2.24. The van der Waals surface area contributed by atoms with E-state index in [4.69, 9.17) is 14.6 Å². The minimum atomic E-state index is -0.624. The molecular weight excluding hydrogens is 428 g/mol. The lowest BCUT2D eigenvalue weighted by Gasteiger charge is -2.25. The maximum atomic E-state index is 12.0. The SMILES string of the molecule is C=C(C)C(=O)OC(CCOC(=O)C(=C)CO)CC(C)CCC(C)C(C)CCC(C)CC.CCC. The summed E-state index contributed by atoms with van der Waals surface area (Å²) in [5.41, 5.74) is 0.368. The van der Waals surface area contributed by atoms with Gasteiger partial charge in [0.25, 0.3) is 0 Å². The second-order valence-corrected chi connectivity index (χ2v) is 10.2. The van der Waals surface area contributed by atoms with Crippen LogP contribution in [-0.2, 0) is 19.1 Å². The molecule has 0 aliphatic rings. The minimum Gasteiger partial charge on any atom is -0.462 e. The fourth-order valence-electron chi connectivity index (χ4n) is 3.36. The molecule has 0 amide bonds. The van der Waals surface area contributed by atoms with Crippen molar-refractivity contribution in [3.63, 3.8) is 0 Å². The number of carbonyl (C=O) groups excluding carboxylic acids is 2. The monoisotopic (exact) mass is 482 g/mol. The van der Waals surface area contributed by atoms with Gasteiger partial charge in [0.05, 0.1) is 18.8 Å². The van der Waals surface area contributed by atoms with E-state index in [1.165, 1.54) is 25.7 Å². The van der Waals surface area contributed by atoms with E-state index in [2.05, 4.69) is 61.6 Å². The molecule has 0 aromatic heterocycles. The van der Waals surface area contributed by atoms with Gasteiger partial charge in [-0.1, -0.05) is 100 Å². The molecule has 5 atom stereocenters. The van der Waals surface area contributed by atoms with Gasteiger partial charge in [-0.05, 0) is 37.0 Å². The Morgan fingerprint density at radius 1 is 0.824 bits per heavy atom. The normalized spacial score (nSPS) is 15.1. The molecule has 0 aromatic rings. The molecule has 1 N–H and O–H groups in total. The zero-order valence-corrected chi connectivity index (χ0v) is 23.5. The van der Waals surface area contributed by atoms with Crippen molar-refractivity contribution in [2.75, 3.05) is 13.2 Å². The average Bonchev–Trinajstić information content (AvgIpc) is 2.80. The first-order chi connectivity index (χ1) is 15.9. The topological polar surface area (TPSA) is 72.8 Å². The molecule has 0 aromatic carbocycles. The van der Waals surface area contributed by atoms with Crippen LogP contribution in [0.1, 0.15) is 107 Å². The van der Waals surface area contributed by atoms with Crippen molar-refractivity contribution in [1.82, 2.24) is 0 Å². The van der Waals surface area contributed by atoms with E-state index >= 15 is 0 Å². The number of aliphatic hydroxyl groups excluding tert-OH is 1. The van der Waals surface area contributed by atoms with Crippen molar-refractivity contribution in [2.24, 2.45) is 23.7 Å². The van der Waals surface area contributed by atoms with E-state index in [0.29, 0.717) is 36.2 Å². The maximum absolute atomic E-state index is 12.0. The number of rotatable bonds is 17. The molecule has 0 saturated heterocycles. The molecule has 5 unspecified atom stereocenters. The first-order valence-corrected chi connectivity index (χ1v) is 13.2. The third-order valence-corrected chi connectivity index (χ3v) is 6.34. The molecule has 0 fully saturated rings. The Hall–Kier alpha value is -1.62. The highest BCUT2D eigenvalue weighted by atomic mass is 16.6. The van der Waals surface area contributed by atoms with Gasteiger partial charge < -0.3 is 14.6 Å². The van der Waals surface area contributed by atoms with Crippen LogP contribution < -0.4 is 0 Å². The summed E-state index contributed by atoms with van der Waals surface area (Å²) in [6, 6.07) is 0. The van der Waals surface area contributed by atoms with Crippen LogP contribution in [0.2, 0.25) is 0 Å². The van der Waals surface area contributed by atoms with Crippen LogP contribution in [-0.4, -0.2) is 36.4 Å². The van der Waals surface area contributed by atoms with Crippen LogP contribution in [0.3, 0.4) is 0 Å². The first kappa shape index (κ1) is 34.5. The number of hydrogen-bond donors (Lipinski definition) is 1. The Morgan fingerprint density at radius 3 is 1.76 bits per heavy atom. The molecule has 0 spiro atoms. The number of esters is 2. The van der Waals surface area contributed by atoms with Gasteiger partial charge in [-0.3, -0.25) is 0 Å². The fourth-order valence-corrected chi connectivity index (χ4v) is 3.36. The summed E-state index contributed by atoms with van der Waals surface area (Å²) in [5.74, 6) is 1.50. The van der Waals surface area contributed by atoms with Crippen molar-refractivity contribution in [1.29, 1.82) is 0 Å². The molecule has 0 aliphatic heterocycles. The molecule has 0 aliphatic carbocycles. The molecule has 0 bridgehead atoms. The summed E-state index contributed by atoms with van der Waals surface area (Å²) < 4.78 is 10.7. The molecule has 0 rings (SSSR count). The quantitative estimate of drug-likeness (QED) is 0.174. The predicted octanol–water partition coefficient (Wildman–Crippen LogP) is 7.28. The van der Waals surface area contributed by atoms with E-state index in [9.17, 15) is 9.59 Å². The van der Waals surface area contributed by atoms with E-state index in [-0.39, 0.29) is 18.3 Å². The predicted molar refractivity (Wildman–Crippen MR) is 142 cm³/mol. The third kappa shape index (κ3) is 17.8. The minimum absolute atomic E-state index is 0.0142. The molecule has 0 saturated carbocycles. The van der Waals surface area contributed by atoms with E-state index < -0.39 is 18.5 Å². The summed E-state index contributed by atoms with van der Waals surface area (Å²) in [5, 5.41) is 8.95. The summed E-state index contributed by atoms with van der Waals surface area (Å²) in [6.07, 6.45) is 8.05. The third-order valence-electron chi connectivity index (χ3n) is 6.34. The summed E-state index contributed by atoms with van der Waals surface area (Å²) >= 11 is 0. The van der Waals surface area contributed by atoms with Gasteiger partial charge in [0.2, 0.25) is 0 Å². The van der Waals surface area contributed by atoms with E-state index in [0.717, 1.165) is 18.8 Å². The molecule has 200 valence electrons. The zero-order chi connectivity index (χ0) is 26.7. The lowest BCUT2D eigenvalue weighted by molar-refractivity contribution is -0.147. The Kier molecular flexibility index (Phi) is 21.1. The van der Waals surface area contributed by atoms with Crippen molar-refractivity contribution in [3.8, 4) is 0 Å². The van der Waals surface area contributed by atoms with E-state index in [1.54, 1.807) is 6.92 Å². The standard InChI is InChI=1S/C26H46O5.C3H8/c1-9-19(4)10-12-21(6)22(7)13-11-20(5)16-24(31-25(28)18(2)3)14-15-30-26(29)23(8)17-27;1-3-2/h19-22,24,27H,2,8-17H2,1,3-7H3;3H2,1-2H3. The molecule has 0 radical (unpaired) electrons. The van der Waals surface area contributed by atoms with Crippen LogP contribution >= 0.6 is 0 Å². The number of ether oxygens (including phenoxy) is 2. The van der Waals surface area contributed by atoms with Gasteiger partial charge >= 0.3 is 11.9 Å². The van der Waals surface area contributed by atoms with Crippen molar-refractivity contribution < 1.29 is 24.2 Å². The van der Waals surface area contributed by atoms with Gasteiger partial charge in [-0.2, -0.15) is 0 Å². The summed E-state index contributed by atoms with van der Waals surface area (Å²) in [6.45, 7) is 24.1. The highest BCUT2D eigenvalue weighted by Crippen LogP contribution is 2.27. The summed E-state index contributed by atoms with van der Waals surface area (Å²) in [7, 11) is 0. The fraction of sp³-hybridized carbons (Fsp3) is 0.793. The molecular formula is C29H54O5. The van der Waals surface area contributed by atoms with Crippen molar-refractivity contribution in [2.45, 2.75) is 113 Å². The van der Waals surface area contributed by atoms with Crippen LogP contribution in [0.15, 0.2) is 24.3 Å². The molecule has 5 heteroatoms. The average molecular weight is 483 g/mol. The Balaban J connectivity index is 0. The van der Waals surface area contributed by atoms with Crippen molar-refractivity contribution in [3.05, 3.63) is 24.3 Å². The highest BCUT2D eigenvalue weighted by molar-refractivity contribution is 5.88. The Morgan fingerprint density at radius 2 is 1.32 bits per heavy atom. The zero-order valence-electron chi connectivity index (χ0n) is 23.5. The van der Waals surface area contributed by atoms with Crippen LogP contribution in [0.5, 0.6) is 0 Å². The number of hydrogen-bond acceptors (Lipinski definition) is 5. The van der Waals surface area contributed by atoms with Gasteiger partial charge in [0, 0.05) is 12.0 Å². The van der Waals surface area contributed by atoms with Crippen LogP contribution in [0, 0.1) is 23.7 Å². The van der Waals surface area contributed by atoms with Crippen LogP contribution in [0.4, 0.5) is 0 Å². The first-order valence-electron chi connectivity index (χ1n) is 13.2.